The number of carboxylic acids is 1. The summed E-state index contributed by atoms with van der Waals surface area (Å²) in [4.78, 5) is 23.5. The minimum absolute atomic E-state index is 0.118. The Balaban J connectivity index is 2.83. The number of nitrogens with zero attached hydrogens (tertiary/aromatic N) is 2. The second kappa shape index (κ2) is 9.09. The standard InChI is InChI=1S/C16H25N3O4/c1-5-8-23-10-14(16(21)22)18-15(20)13-9-17-19(11(13)4)12(6-2)7-3/h5,9,12,14H,1,6-8,10H2,2-4H3,(H,18,20)(H,21,22). The summed E-state index contributed by atoms with van der Waals surface area (Å²) < 4.78 is 6.94. The lowest BCUT2D eigenvalue weighted by molar-refractivity contribution is -0.140. The van der Waals surface area contributed by atoms with Crippen LogP contribution in [0.1, 0.15) is 48.8 Å². The van der Waals surface area contributed by atoms with E-state index in [0.29, 0.717) is 5.56 Å². The molecule has 0 aromatic carbocycles. The van der Waals surface area contributed by atoms with Crippen LogP contribution >= 0.6 is 0 Å². The van der Waals surface area contributed by atoms with Gasteiger partial charge in [0.25, 0.3) is 5.91 Å². The molecular formula is C16H25N3O4. The molecule has 0 saturated carbocycles. The Hall–Kier alpha value is -2.15. The van der Waals surface area contributed by atoms with Gasteiger partial charge in [0.05, 0.1) is 31.0 Å². The third kappa shape index (κ3) is 4.92. The summed E-state index contributed by atoms with van der Waals surface area (Å²) in [5, 5.41) is 15.9. The lowest BCUT2D eigenvalue weighted by atomic mass is 10.1. The molecule has 1 amide bonds. The fourth-order valence-corrected chi connectivity index (χ4v) is 2.33. The average Bonchev–Trinajstić information content (AvgIpc) is 2.89. The summed E-state index contributed by atoms with van der Waals surface area (Å²) >= 11 is 0. The first-order valence-electron chi connectivity index (χ1n) is 7.72. The van der Waals surface area contributed by atoms with Gasteiger partial charge in [-0.25, -0.2) is 4.79 Å². The van der Waals surface area contributed by atoms with Crippen LogP contribution in [-0.2, 0) is 9.53 Å². The molecule has 0 radical (unpaired) electrons. The van der Waals surface area contributed by atoms with Gasteiger partial charge in [-0.1, -0.05) is 19.9 Å². The number of hydrogen-bond acceptors (Lipinski definition) is 4. The number of ether oxygens (including phenoxy) is 1. The molecule has 7 heteroatoms. The van der Waals surface area contributed by atoms with E-state index in [1.165, 1.54) is 12.3 Å². The van der Waals surface area contributed by atoms with Crippen molar-refractivity contribution < 1.29 is 19.4 Å². The van der Waals surface area contributed by atoms with Crippen molar-refractivity contribution in [2.24, 2.45) is 0 Å². The molecule has 7 nitrogen and oxygen atoms in total. The van der Waals surface area contributed by atoms with Gasteiger partial charge in [-0.2, -0.15) is 5.10 Å². The quantitative estimate of drug-likeness (QED) is 0.507. The highest BCUT2D eigenvalue weighted by molar-refractivity contribution is 5.97. The molecule has 0 aliphatic carbocycles. The highest BCUT2D eigenvalue weighted by Crippen LogP contribution is 2.19. The van der Waals surface area contributed by atoms with Gasteiger partial charge in [-0.3, -0.25) is 9.48 Å². The summed E-state index contributed by atoms with van der Waals surface area (Å²) in [6.45, 7) is 9.53. The first kappa shape index (κ1) is 18.9. The Kier molecular flexibility index (Phi) is 7.47. The van der Waals surface area contributed by atoms with Gasteiger partial charge in [-0.05, 0) is 19.8 Å². The van der Waals surface area contributed by atoms with Crippen molar-refractivity contribution in [3.63, 3.8) is 0 Å². The number of aliphatic carboxylic acids is 1. The number of rotatable bonds is 10. The van der Waals surface area contributed by atoms with E-state index in [4.69, 9.17) is 9.84 Å². The predicted molar refractivity (Wildman–Crippen MR) is 86.5 cm³/mol. The molecule has 1 atom stereocenters. The summed E-state index contributed by atoms with van der Waals surface area (Å²) in [5.74, 6) is -1.61. The average molecular weight is 323 g/mol. The van der Waals surface area contributed by atoms with Crippen molar-refractivity contribution in [3.05, 3.63) is 30.1 Å². The number of amides is 1. The maximum absolute atomic E-state index is 12.3. The molecule has 0 aliphatic heterocycles. The molecule has 1 aromatic heterocycles. The molecule has 0 fully saturated rings. The van der Waals surface area contributed by atoms with Crippen molar-refractivity contribution in [1.82, 2.24) is 15.1 Å². The molecule has 23 heavy (non-hydrogen) atoms. The van der Waals surface area contributed by atoms with Gasteiger partial charge in [0.2, 0.25) is 0 Å². The summed E-state index contributed by atoms with van der Waals surface area (Å²) in [7, 11) is 0. The first-order chi connectivity index (χ1) is 11.0. The Morgan fingerprint density at radius 3 is 2.65 bits per heavy atom. The van der Waals surface area contributed by atoms with Gasteiger partial charge in [0.15, 0.2) is 6.04 Å². The monoisotopic (exact) mass is 323 g/mol. The molecule has 0 bridgehead atoms. The molecule has 1 rings (SSSR count). The smallest absolute Gasteiger partial charge is 0.328 e. The van der Waals surface area contributed by atoms with Crippen LogP contribution in [-0.4, -0.2) is 46.0 Å². The van der Waals surface area contributed by atoms with Crippen molar-refractivity contribution in [3.8, 4) is 0 Å². The molecule has 0 saturated heterocycles. The zero-order valence-corrected chi connectivity index (χ0v) is 13.9. The van der Waals surface area contributed by atoms with Gasteiger partial charge >= 0.3 is 5.97 Å². The van der Waals surface area contributed by atoms with Gasteiger partial charge in [0, 0.05) is 5.69 Å². The maximum Gasteiger partial charge on any atom is 0.328 e. The Labute approximate surface area is 136 Å². The normalized spacial score (nSPS) is 12.2. The summed E-state index contributed by atoms with van der Waals surface area (Å²) in [6, 6.07) is -0.888. The Morgan fingerprint density at radius 1 is 1.48 bits per heavy atom. The fraction of sp³-hybridized carbons (Fsp3) is 0.562. The van der Waals surface area contributed by atoms with E-state index in [1.54, 1.807) is 0 Å². The van der Waals surface area contributed by atoms with Crippen molar-refractivity contribution in [2.75, 3.05) is 13.2 Å². The number of carbonyl (C=O) groups is 2. The van der Waals surface area contributed by atoms with Crippen molar-refractivity contribution >= 4 is 11.9 Å². The number of carboxylic acid groups (broad SMARTS) is 1. The maximum atomic E-state index is 12.3. The van der Waals surface area contributed by atoms with Crippen LogP contribution in [0, 0.1) is 6.92 Å². The number of nitrogens with one attached hydrogen (secondary N) is 1. The minimum Gasteiger partial charge on any atom is -0.480 e. The summed E-state index contributed by atoms with van der Waals surface area (Å²) in [6.07, 6.45) is 4.82. The van der Waals surface area contributed by atoms with E-state index in [0.717, 1.165) is 18.5 Å². The second-order valence-corrected chi connectivity index (χ2v) is 5.25. The zero-order valence-electron chi connectivity index (χ0n) is 13.9. The lowest BCUT2D eigenvalue weighted by Gasteiger charge is -2.16. The van der Waals surface area contributed by atoms with Gasteiger partial charge in [-0.15, -0.1) is 6.58 Å². The van der Waals surface area contributed by atoms with E-state index in [2.05, 4.69) is 30.8 Å². The molecule has 1 unspecified atom stereocenters. The highest BCUT2D eigenvalue weighted by atomic mass is 16.5. The number of carbonyl (C=O) groups excluding carboxylic acids is 1. The van der Waals surface area contributed by atoms with Crippen molar-refractivity contribution in [1.29, 1.82) is 0 Å². The zero-order chi connectivity index (χ0) is 17.4. The van der Waals surface area contributed by atoms with Crippen LogP contribution in [0.3, 0.4) is 0 Å². The number of aromatic nitrogens is 2. The van der Waals surface area contributed by atoms with Crippen LogP contribution in [0.15, 0.2) is 18.9 Å². The van der Waals surface area contributed by atoms with Gasteiger partial charge in [0.1, 0.15) is 0 Å². The molecule has 0 aliphatic rings. The fourth-order valence-electron chi connectivity index (χ4n) is 2.33. The second-order valence-electron chi connectivity index (χ2n) is 5.25. The van der Waals surface area contributed by atoms with Crippen LogP contribution in [0.4, 0.5) is 0 Å². The largest absolute Gasteiger partial charge is 0.480 e. The van der Waals surface area contributed by atoms with E-state index in [1.807, 2.05) is 11.6 Å². The number of hydrogen-bond donors (Lipinski definition) is 2. The van der Waals surface area contributed by atoms with E-state index < -0.39 is 17.9 Å². The van der Waals surface area contributed by atoms with E-state index in [-0.39, 0.29) is 19.3 Å². The molecule has 0 spiro atoms. The molecule has 1 heterocycles. The molecular weight excluding hydrogens is 298 g/mol. The van der Waals surface area contributed by atoms with Crippen LogP contribution in [0.5, 0.6) is 0 Å². The SMILES string of the molecule is C=CCOCC(NC(=O)c1cnn(C(CC)CC)c1C)C(=O)O. The van der Waals surface area contributed by atoms with Crippen LogP contribution in [0.2, 0.25) is 0 Å². The molecule has 1 aromatic rings. The highest BCUT2D eigenvalue weighted by Gasteiger charge is 2.24. The first-order valence-corrected chi connectivity index (χ1v) is 7.72. The van der Waals surface area contributed by atoms with E-state index in [9.17, 15) is 9.59 Å². The minimum atomic E-state index is -1.15. The van der Waals surface area contributed by atoms with Crippen LogP contribution < -0.4 is 5.32 Å². The topological polar surface area (TPSA) is 93.5 Å². The van der Waals surface area contributed by atoms with Gasteiger partial charge < -0.3 is 15.2 Å². The predicted octanol–water partition coefficient (Wildman–Crippen LogP) is 1.94. The Bertz CT molecular complexity index is 550. The molecule has 2 N–H and O–H groups in total. The van der Waals surface area contributed by atoms with Crippen molar-refractivity contribution in [2.45, 2.75) is 45.7 Å². The third-order valence-corrected chi connectivity index (χ3v) is 3.70. The Morgan fingerprint density at radius 2 is 2.13 bits per heavy atom. The van der Waals surface area contributed by atoms with E-state index >= 15 is 0 Å². The summed E-state index contributed by atoms with van der Waals surface area (Å²) in [5.41, 5.74) is 1.11. The van der Waals surface area contributed by atoms with Crippen LogP contribution in [0.25, 0.3) is 0 Å². The third-order valence-electron chi connectivity index (χ3n) is 3.70. The molecule has 128 valence electrons. The lowest BCUT2D eigenvalue weighted by Crippen LogP contribution is -2.44.